The van der Waals surface area contributed by atoms with E-state index >= 15 is 0 Å². The first-order valence-electron chi connectivity index (χ1n) is 5.74. The van der Waals surface area contributed by atoms with E-state index in [-0.39, 0.29) is 10.4 Å². The van der Waals surface area contributed by atoms with Gasteiger partial charge < -0.3 is 10.3 Å². The third-order valence-corrected chi connectivity index (χ3v) is 3.18. The van der Waals surface area contributed by atoms with Gasteiger partial charge in [-0.2, -0.15) is 0 Å². The molecule has 4 nitrogen and oxygen atoms in total. The second-order valence-corrected chi connectivity index (χ2v) is 4.85. The van der Waals surface area contributed by atoms with E-state index in [9.17, 15) is 9.18 Å². The highest BCUT2D eigenvalue weighted by atomic mass is 79.9. The molecule has 0 fully saturated rings. The van der Waals surface area contributed by atoms with Crippen molar-refractivity contribution in [2.24, 2.45) is 0 Å². The molecule has 2 N–H and O–H groups in total. The lowest BCUT2D eigenvalue weighted by molar-refractivity contribution is -0.116. The molecule has 0 aliphatic heterocycles. The molecular formula is C12H13BrFN3O. The van der Waals surface area contributed by atoms with Crippen LogP contribution in [0.2, 0.25) is 0 Å². The van der Waals surface area contributed by atoms with Crippen molar-refractivity contribution in [1.82, 2.24) is 9.97 Å². The van der Waals surface area contributed by atoms with Crippen LogP contribution in [0.1, 0.15) is 26.2 Å². The van der Waals surface area contributed by atoms with E-state index in [0.717, 1.165) is 12.8 Å². The number of carbonyl (C=O) groups excluding carboxylic acids is 1. The molecule has 0 saturated heterocycles. The minimum Gasteiger partial charge on any atom is -0.344 e. The minimum absolute atomic E-state index is 0.114. The van der Waals surface area contributed by atoms with Crippen LogP contribution in [0.4, 0.5) is 10.1 Å². The number of rotatable bonds is 4. The Morgan fingerprint density at radius 2 is 2.39 bits per heavy atom. The molecule has 0 saturated carbocycles. The van der Waals surface area contributed by atoms with Gasteiger partial charge in [0.05, 0.1) is 15.5 Å². The summed E-state index contributed by atoms with van der Waals surface area (Å²) in [6.07, 6.45) is 5.14. The zero-order chi connectivity index (χ0) is 13.1. The molecule has 2 rings (SSSR count). The Hall–Kier alpha value is -1.43. The highest BCUT2D eigenvalue weighted by Crippen LogP contribution is 2.28. The van der Waals surface area contributed by atoms with E-state index in [0.29, 0.717) is 23.1 Å². The summed E-state index contributed by atoms with van der Waals surface area (Å²) in [7, 11) is 0. The van der Waals surface area contributed by atoms with Gasteiger partial charge in [-0.3, -0.25) is 4.79 Å². The monoisotopic (exact) mass is 313 g/mol. The molecule has 0 aromatic carbocycles. The van der Waals surface area contributed by atoms with E-state index in [2.05, 4.69) is 31.2 Å². The molecule has 0 spiro atoms. The number of aromatic nitrogens is 2. The van der Waals surface area contributed by atoms with Gasteiger partial charge in [0, 0.05) is 18.8 Å². The Balaban J connectivity index is 2.29. The molecule has 0 aliphatic rings. The van der Waals surface area contributed by atoms with Gasteiger partial charge in [-0.1, -0.05) is 13.3 Å². The fourth-order valence-electron chi connectivity index (χ4n) is 1.68. The summed E-state index contributed by atoms with van der Waals surface area (Å²) in [5.74, 6) is -0.538. The number of carbonyl (C=O) groups is 1. The number of aromatic amines is 1. The molecule has 0 aliphatic carbocycles. The number of nitrogens with one attached hydrogen (secondary N) is 2. The number of H-pyrrole nitrogens is 1. The first kappa shape index (κ1) is 13.0. The largest absolute Gasteiger partial charge is 0.344 e. The third kappa shape index (κ3) is 2.53. The fraction of sp³-hybridized carbons (Fsp3) is 0.333. The molecule has 6 heteroatoms. The molecule has 0 unspecified atom stereocenters. The topological polar surface area (TPSA) is 57.8 Å². The zero-order valence-electron chi connectivity index (χ0n) is 9.89. The van der Waals surface area contributed by atoms with Crippen molar-refractivity contribution >= 4 is 38.6 Å². The van der Waals surface area contributed by atoms with Crippen molar-refractivity contribution in [3.05, 3.63) is 22.7 Å². The zero-order valence-corrected chi connectivity index (χ0v) is 11.5. The summed E-state index contributed by atoms with van der Waals surface area (Å²) in [6.45, 7) is 2.01. The van der Waals surface area contributed by atoms with Crippen LogP contribution in [0, 0.1) is 5.82 Å². The molecule has 0 bridgehead atoms. The Morgan fingerprint density at radius 1 is 1.61 bits per heavy atom. The highest BCUT2D eigenvalue weighted by Gasteiger charge is 2.14. The van der Waals surface area contributed by atoms with Crippen LogP contribution in [-0.4, -0.2) is 15.9 Å². The summed E-state index contributed by atoms with van der Waals surface area (Å²) >= 11 is 3.08. The molecular weight excluding hydrogens is 301 g/mol. The Morgan fingerprint density at radius 3 is 3.11 bits per heavy atom. The summed E-state index contributed by atoms with van der Waals surface area (Å²) in [4.78, 5) is 18.5. The standard InChI is InChI=1S/C12H13BrFN3O/c1-2-3-4-9(18)17-8-6-16-12-10(8)11(14)7(13)5-15-12/h5-6H,2-4H2,1H3,(H,15,16)(H,17,18). The normalized spacial score (nSPS) is 10.8. The number of pyridine rings is 1. The first-order chi connectivity index (χ1) is 8.63. The van der Waals surface area contributed by atoms with Gasteiger partial charge in [0.2, 0.25) is 5.91 Å². The Labute approximate surface area is 112 Å². The third-order valence-electron chi connectivity index (χ3n) is 2.63. The van der Waals surface area contributed by atoms with Gasteiger partial charge in [-0.25, -0.2) is 9.37 Å². The number of fused-ring (bicyclic) bond motifs is 1. The van der Waals surface area contributed by atoms with Crippen molar-refractivity contribution in [2.75, 3.05) is 5.32 Å². The molecule has 2 aromatic rings. The van der Waals surface area contributed by atoms with Crippen molar-refractivity contribution in [1.29, 1.82) is 0 Å². The number of unbranched alkanes of at least 4 members (excludes halogenated alkanes) is 1. The van der Waals surface area contributed by atoms with Gasteiger partial charge in [-0.05, 0) is 22.4 Å². The number of hydrogen-bond donors (Lipinski definition) is 2. The number of nitrogens with zero attached hydrogens (tertiary/aromatic N) is 1. The van der Waals surface area contributed by atoms with E-state index < -0.39 is 5.82 Å². The van der Waals surface area contributed by atoms with E-state index in [1.807, 2.05) is 6.92 Å². The second kappa shape index (κ2) is 5.48. The second-order valence-electron chi connectivity index (χ2n) is 4.00. The van der Waals surface area contributed by atoms with Crippen LogP contribution in [0.5, 0.6) is 0 Å². The van der Waals surface area contributed by atoms with Crippen LogP contribution >= 0.6 is 15.9 Å². The van der Waals surface area contributed by atoms with E-state index in [1.54, 1.807) is 6.20 Å². The predicted octanol–water partition coefficient (Wildman–Crippen LogP) is 3.59. The molecule has 2 heterocycles. The maximum atomic E-state index is 13.9. The molecule has 2 aromatic heterocycles. The molecule has 18 heavy (non-hydrogen) atoms. The fourth-order valence-corrected chi connectivity index (χ4v) is 1.98. The van der Waals surface area contributed by atoms with Crippen molar-refractivity contribution in [2.45, 2.75) is 26.2 Å². The number of anilines is 1. The van der Waals surface area contributed by atoms with Crippen LogP contribution in [0.25, 0.3) is 11.0 Å². The molecule has 1 amide bonds. The lowest BCUT2D eigenvalue weighted by Crippen LogP contribution is -2.10. The van der Waals surface area contributed by atoms with Gasteiger partial charge >= 0.3 is 0 Å². The summed E-state index contributed by atoms with van der Waals surface area (Å²) in [5, 5.41) is 3.00. The Kier molecular flexibility index (Phi) is 3.96. The Bertz CT molecular complexity index is 582. The van der Waals surface area contributed by atoms with Gasteiger partial charge in [0.25, 0.3) is 0 Å². The maximum Gasteiger partial charge on any atom is 0.224 e. The number of halogens is 2. The van der Waals surface area contributed by atoms with Crippen molar-refractivity contribution in [3.63, 3.8) is 0 Å². The lowest BCUT2D eigenvalue weighted by atomic mass is 10.2. The highest BCUT2D eigenvalue weighted by molar-refractivity contribution is 9.10. The number of hydrogen-bond acceptors (Lipinski definition) is 2. The quantitative estimate of drug-likeness (QED) is 0.906. The van der Waals surface area contributed by atoms with Gasteiger partial charge in [0.1, 0.15) is 5.65 Å². The van der Waals surface area contributed by atoms with Gasteiger partial charge in [-0.15, -0.1) is 0 Å². The van der Waals surface area contributed by atoms with Crippen LogP contribution < -0.4 is 5.32 Å². The van der Waals surface area contributed by atoms with Crippen LogP contribution in [0.15, 0.2) is 16.9 Å². The van der Waals surface area contributed by atoms with E-state index in [1.165, 1.54) is 6.20 Å². The van der Waals surface area contributed by atoms with Crippen molar-refractivity contribution < 1.29 is 9.18 Å². The summed E-state index contributed by atoms with van der Waals surface area (Å²) < 4.78 is 14.2. The lowest BCUT2D eigenvalue weighted by Gasteiger charge is -2.04. The molecule has 0 atom stereocenters. The average molecular weight is 314 g/mol. The van der Waals surface area contributed by atoms with E-state index in [4.69, 9.17) is 0 Å². The minimum atomic E-state index is -0.424. The predicted molar refractivity (Wildman–Crippen MR) is 71.9 cm³/mol. The van der Waals surface area contributed by atoms with Crippen LogP contribution in [-0.2, 0) is 4.79 Å². The van der Waals surface area contributed by atoms with Crippen molar-refractivity contribution in [3.8, 4) is 0 Å². The molecule has 0 radical (unpaired) electrons. The van der Waals surface area contributed by atoms with Crippen LogP contribution in [0.3, 0.4) is 0 Å². The smallest absolute Gasteiger partial charge is 0.224 e. The number of amides is 1. The summed E-state index contributed by atoms with van der Waals surface area (Å²) in [5.41, 5.74) is 0.846. The van der Waals surface area contributed by atoms with Gasteiger partial charge in [0.15, 0.2) is 5.82 Å². The first-order valence-corrected chi connectivity index (χ1v) is 6.53. The summed E-state index contributed by atoms with van der Waals surface area (Å²) in [6, 6.07) is 0. The average Bonchev–Trinajstić information content (AvgIpc) is 2.75. The molecule has 96 valence electrons. The SMILES string of the molecule is CCCCC(=O)Nc1c[nH]c2ncc(Br)c(F)c12. The maximum absolute atomic E-state index is 13.9.